The highest BCUT2D eigenvalue weighted by atomic mass is 19.1. The van der Waals surface area contributed by atoms with Crippen LogP contribution in [0.2, 0.25) is 0 Å². The lowest BCUT2D eigenvalue weighted by Gasteiger charge is -2.04. The lowest BCUT2D eigenvalue weighted by Crippen LogP contribution is -2.04. The molecule has 0 spiro atoms. The minimum Gasteiger partial charge on any atom is -0.456 e. The van der Waals surface area contributed by atoms with Crippen LogP contribution in [0.5, 0.6) is 0 Å². The summed E-state index contributed by atoms with van der Waals surface area (Å²) in [5.74, 6) is -0.550. The maximum atomic E-state index is 13.8. The number of benzene rings is 3. The zero-order chi connectivity index (χ0) is 13.7. The summed E-state index contributed by atoms with van der Waals surface area (Å²) in [7, 11) is 0. The number of fused-ring (bicyclic) bond motifs is 3. The smallest absolute Gasteiger partial charge is 0.203 e. The van der Waals surface area contributed by atoms with Crippen LogP contribution >= 0.6 is 0 Å². The number of hydrogen-bond acceptors (Lipinski definition) is 2. The van der Waals surface area contributed by atoms with Crippen LogP contribution in [0.1, 0.15) is 0 Å². The van der Waals surface area contributed by atoms with Crippen molar-refractivity contribution in [3.8, 4) is 0 Å². The van der Waals surface area contributed by atoms with Crippen molar-refractivity contribution in [2.75, 3.05) is 0 Å². The largest absolute Gasteiger partial charge is 0.456 e. The number of halogens is 1. The Kier molecular flexibility index (Phi) is 2.18. The van der Waals surface area contributed by atoms with E-state index >= 15 is 0 Å². The molecule has 3 aromatic carbocycles. The van der Waals surface area contributed by atoms with Crippen LogP contribution in [-0.4, -0.2) is 0 Å². The third-order valence-electron chi connectivity index (χ3n) is 3.51. The molecule has 4 rings (SSSR count). The van der Waals surface area contributed by atoms with Crippen molar-refractivity contribution >= 4 is 32.7 Å². The van der Waals surface area contributed by atoms with Gasteiger partial charge in [-0.25, -0.2) is 4.39 Å². The topological polar surface area (TPSA) is 30.2 Å². The predicted octanol–water partition coefficient (Wildman–Crippen LogP) is 4.24. The molecule has 2 nitrogen and oxygen atoms in total. The molecule has 20 heavy (non-hydrogen) atoms. The molecule has 0 unspecified atom stereocenters. The van der Waals surface area contributed by atoms with E-state index in [2.05, 4.69) is 0 Å². The van der Waals surface area contributed by atoms with E-state index in [9.17, 15) is 9.18 Å². The first-order valence-electron chi connectivity index (χ1n) is 6.28. The normalized spacial score (nSPS) is 11.4. The van der Waals surface area contributed by atoms with E-state index in [0.717, 1.165) is 10.8 Å². The van der Waals surface area contributed by atoms with E-state index in [0.29, 0.717) is 11.0 Å². The van der Waals surface area contributed by atoms with Crippen LogP contribution in [0, 0.1) is 5.82 Å². The average Bonchev–Trinajstić information content (AvgIpc) is 2.46. The first-order chi connectivity index (χ1) is 9.74. The summed E-state index contributed by atoms with van der Waals surface area (Å²) >= 11 is 0. The van der Waals surface area contributed by atoms with Gasteiger partial charge in [0.05, 0.1) is 5.39 Å². The van der Waals surface area contributed by atoms with Gasteiger partial charge in [-0.05, 0) is 35.0 Å². The summed E-state index contributed by atoms with van der Waals surface area (Å²) in [5.41, 5.74) is 0.426. The summed E-state index contributed by atoms with van der Waals surface area (Å²) in [4.78, 5) is 12.5. The van der Waals surface area contributed by atoms with Gasteiger partial charge in [0, 0.05) is 0 Å². The number of rotatable bonds is 0. The second-order valence-corrected chi connectivity index (χ2v) is 4.74. The molecule has 0 N–H and O–H groups in total. The van der Waals surface area contributed by atoms with Gasteiger partial charge in [0.25, 0.3) is 0 Å². The Morgan fingerprint density at radius 2 is 1.60 bits per heavy atom. The zero-order valence-corrected chi connectivity index (χ0v) is 10.4. The Balaban J connectivity index is 2.30. The van der Waals surface area contributed by atoms with E-state index in [4.69, 9.17) is 4.42 Å². The molecule has 0 atom stereocenters. The Bertz CT molecular complexity index is 1030. The molecule has 0 amide bonds. The average molecular weight is 264 g/mol. The predicted molar refractivity (Wildman–Crippen MR) is 77.5 cm³/mol. The van der Waals surface area contributed by atoms with Gasteiger partial charge in [0.1, 0.15) is 22.4 Å². The van der Waals surface area contributed by atoms with Crippen molar-refractivity contribution in [1.29, 1.82) is 0 Å². The fourth-order valence-corrected chi connectivity index (χ4v) is 2.54. The highest BCUT2D eigenvalue weighted by Gasteiger charge is 2.12. The Morgan fingerprint density at radius 3 is 2.40 bits per heavy atom. The van der Waals surface area contributed by atoms with Crippen LogP contribution in [0.25, 0.3) is 32.7 Å². The van der Waals surface area contributed by atoms with E-state index in [-0.39, 0.29) is 16.4 Å². The summed E-state index contributed by atoms with van der Waals surface area (Å²) in [6.45, 7) is 0. The lowest BCUT2D eigenvalue weighted by molar-refractivity contribution is 0.625. The maximum absolute atomic E-state index is 13.8. The van der Waals surface area contributed by atoms with Gasteiger partial charge in [-0.1, -0.05) is 30.3 Å². The molecule has 1 aromatic heterocycles. The quantitative estimate of drug-likeness (QED) is 0.445. The highest BCUT2D eigenvalue weighted by molar-refractivity contribution is 5.99. The molecule has 96 valence electrons. The molecule has 0 aliphatic rings. The second kappa shape index (κ2) is 3.90. The van der Waals surface area contributed by atoms with Crippen molar-refractivity contribution < 1.29 is 8.81 Å². The molecule has 0 bridgehead atoms. The summed E-state index contributed by atoms with van der Waals surface area (Å²) in [5, 5.41) is 2.33. The SMILES string of the molecule is O=c1c2cc3ccccc3cc2oc2cccc(F)c12. The fraction of sp³-hybridized carbons (Fsp3) is 0. The standard InChI is InChI=1S/C17H9FO2/c18-13-6-3-7-14-16(13)17(19)12-8-10-4-1-2-5-11(10)9-15(12)20-14/h1-9H. The molecule has 0 fully saturated rings. The van der Waals surface area contributed by atoms with Crippen LogP contribution in [0.4, 0.5) is 4.39 Å². The van der Waals surface area contributed by atoms with Crippen molar-refractivity contribution in [3.05, 3.63) is 70.6 Å². The summed E-state index contributed by atoms with van der Waals surface area (Å²) in [6.07, 6.45) is 0. The van der Waals surface area contributed by atoms with Crippen LogP contribution in [0.3, 0.4) is 0 Å². The van der Waals surface area contributed by atoms with Gasteiger partial charge in [0.15, 0.2) is 0 Å². The van der Waals surface area contributed by atoms with Crippen molar-refractivity contribution in [2.24, 2.45) is 0 Å². The third-order valence-corrected chi connectivity index (χ3v) is 3.51. The van der Waals surface area contributed by atoms with E-state index < -0.39 is 5.82 Å². The van der Waals surface area contributed by atoms with Crippen LogP contribution < -0.4 is 5.43 Å². The van der Waals surface area contributed by atoms with Crippen LogP contribution in [0.15, 0.2) is 63.8 Å². The van der Waals surface area contributed by atoms with Crippen LogP contribution in [-0.2, 0) is 0 Å². The Hall–Kier alpha value is -2.68. The Morgan fingerprint density at radius 1 is 0.850 bits per heavy atom. The molecule has 1 heterocycles. The van der Waals surface area contributed by atoms with Gasteiger partial charge in [-0.3, -0.25) is 4.79 Å². The monoisotopic (exact) mass is 264 g/mol. The Labute approximate surface area is 113 Å². The molecule has 0 saturated carbocycles. The molecule has 0 aliphatic heterocycles. The van der Waals surface area contributed by atoms with Crippen molar-refractivity contribution in [3.63, 3.8) is 0 Å². The molecule has 3 heteroatoms. The van der Waals surface area contributed by atoms with Crippen molar-refractivity contribution in [2.45, 2.75) is 0 Å². The highest BCUT2D eigenvalue weighted by Crippen LogP contribution is 2.24. The van der Waals surface area contributed by atoms with Gasteiger partial charge < -0.3 is 4.42 Å². The van der Waals surface area contributed by atoms with E-state index in [1.807, 2.05) is 30.3 Å². The molecule has 0 saturated heterocycles. The number of hydrogen-bond donors (Lipinski definition) is 0. The third kappa shape index (κ3) is 1.46. The molecule has 0 aliphatic carbocycles. The van der Waals surface area contributed by atoms with Gasteiger partial charge in [0.2, 0.25) is 5.43 Å². The zero-order valence-electron chi connectivity index (χ0n) is 10.4. The summed E-state index contributed by atoms with van der Waals surface area (Å²) < 4.78 is 19.5. The van der Waals surface area contributed by atoms with Crippen molar-refractivity contribution in [1.82, 2.24) is 0 Å². The van der Waals surface area contributed by atoms with E-state index in [1.54, 1.807) is 12.1 Å². The first kappa shape index (κ1) is 11.2. The minimum atomic E-state index is -0.550. The molecular formula is C17H9FO2. The van der Waals surface area contributed by atoms with Gasteiger partial charge in [-0.15, -0.1) is 0 Å². The molecule has 4 aromatic rings. The molecule has 0 radical (unpaired) electrons. The lowest BCUT2D eigenvalue weighted by atomic mass is 10.1. The van der Waals surface area contributed by atoms with Gasteiger partial charge >= 0.3 is 0 Å². The molecular weight excluding hydrogens is 255 g/mol. The summed E-state index contributed by atoms with van der Waals surface area (Å²) in [6, 6.07) is 15.7. The fourth-order valence-electron chi connectivity index (χ4n) is 2.54. The minimum absolute atomic E-state index is 0.00952. The maximum Gasteiger partial charge on any atom is 0.203 e. The second-order valence-electron chi connectivity index (χ2n) is 4.74. The first-order valence-corrected chi connectivity index (χ1v) is 6.28. The van der Waals surface area contributed by atoms with E-state index in [1.165, 1.54) is 12.1 Å². The van der Waals surface area contributed by atoms with Gasteiger partial charge in [-0.2, -0.15) is 0 Å².